The van der Waals surface area contributed by atoms with E-state index in [1.165, 1.54) is 4.90 Å². The minimum absolute atomic E-state index is 0.0688. The van der Waals surface area contributed by atoms with Gasteiger partial charge in [0.25, 0.3) is 0 Å². The quantitative estimate of drug-likeness (QED) is 0.777. The summed E-state index contributed by atoms with van der Waals surface area (Å²) in [5, 5.41) is 0.0907. The summed E-state index contributed by atoms with van der Waals surface area (Å²) in [5.74, 6) is 0.408. The van der Waals surface area contributed by atoms with E-state index in [0.717, 1.165) is 6.42 Å². The van der Waals surface area contributed by atoms with Gasteiger partial charge in [0.1, 0.15) is 5.78 Å². The lowest BCUT2D eigenvalue weighted by atomic mass is 9.64. The molecule has 0 aromatic heterocycles. The molecule has 1 aromatic rings. The Labute approximate surface area is 114 Å². The van der Waals surface area contributed by atoms with Gasteiger partial charge in [-0.25, -0.2) is 0 Å². The largest absolute Gasteiger partial charge is 0.298 e. The second-order valence-corrected chi connectivity index (χ2v) is 7.96. The predicted octanol–water partition coefficient (Wildman–Crippen LogP) is 4.56. The van der Waals surface area contributed by atoms with Crippen molar-refractivity contribution in [3.8, 4) is 0 Å². The van der Waals surface area contributed by atoms with Crippen LogP contribution in [0.4, 0.5) is 0 Å². The van der Waals surface area contributed by atoms with Gasteiger partial charge >= 0.3 is 0 Å². The lowest BCUT2D eigenvalue weighted by Crippen LogP contribution is -2.44. The molecule has 1 aliphatic carbocycles. The van der Waals surface area contributed by atoms with Crippen LogP contribution in [-0.4, -0.2) is 11.0 Å². The lowest BCUT2D eigenvalue weighted by molar-refractivity contribution is -0.126. The van der Waals surface area contributed by atoms with Gasteiger partial charge in [-0.05, 0) is 29.4 Å². The molecule has 1 fully saturated rings. The van der Waals surface area contributed by atoms with Crippen molar-refractivity contribution in [2.24, 2.45) is 10.8 Å². The van der Waals surface area contributed by atoms with E-state index in [9.17, 15) is 4.79 Å². The average molecular weight is 262 g/mol. The average Bonchev–Trinajstić information content (AvgIpc) is 2.23. The summed E-state index contributed by atoms with van der Waals surface area (Å²) in [6.45, 7) is 8.87. The smallest absolute Gasteiger partial charge is 0.147 e. The number of thioether (sulfide) groups is 1. The fourth-order valence-electron chi connectivity index (χ4n) is 3.25. The van der Waals surface area contributed by atoms with Crippen LogP contribution in [0.15, 0.2) is 35.2 Å². The Bertz CT molecular complexity index is 434. The van der Waals surface area contributed by atoms with E-state index in [4.69, 9.17) is 0 Å². The van der Waals surface area contributed by atoms with E-state index in [-0.39, 0.29) is 16.1 Å². The van der Waals surface area contributed by atoms with Crippen LogP contribution in [0.3, 0.4) is 0 Å². The molecule has 18 heavy (non-hydrogen) atoms. The molecule has 0 spiro atoms. The fourth-order valence-corrected chi connectivity index (χ4v) is 4.45. The zero-order valence-corrected chi connectivity index (χ0v) is 12.5. The maximum atomic E-state index is 12.4. The highest BCUT2D eigenvalue weighted by Crippen LogP contribution is 2.49. The van der Waals surface area contributed by atoms with Crippen molar-refractivity contribution in [2.45, 2.75) is 50.7 Å². The van der Waals surface area contributed by atoms with Crippen molar-refractivity contribution in [3.05, 3.63) is 30.3 Å². The number of Topliss-reactive ketones (excluding diaryl/α,β-unsaturated/α-hetero) is 1. The van der Waals surface area contributed by atoms with Crippen molar-refractivity contribution in [1.82, 2.24) is 0 Å². The van der Waals surface area contributed by atoms with Crippen LogP contribution in [0.5, 0.6) is 0 Å². The zero-order valence-electron chi connectivity index (χ0n) is 11.7. The Morgan fingerprint density at radius 1 is 1.11 bits per heavy atom. The number of carbonyl (C=O) groups excluding carboxylic acids is 1. The first kappa shape index (κ1) is 13.7. The first-order valence-corrected chi connectivity index (χ1v) is 7.43. The molecule has 1 saturated carbocycles. The van der Waals surface area contributed by atoms with Crippen molar-refractivity contribution < 1.29 is 4.79 Å². The lowest BCUT2D eigenvalue weighted by Gasteiger charge is -2.45. The highest BCUT2D eigenvalue weighted by Gasteiger charge is 2.45. The molecule has 0 amide bonds. The first-order valence-electron chi connectivity index (χ1n) is 6.55. The highest BCUT2D eigenvalue weighted by atomic mass is 32.2. The third-order valence-electron chi connectivity index (χ3n) is 3.59. The number of hydrogen-bond acceptors (Lipinski definition) is 2. The summed E-state index contributed by atoms with van der Waals surface area (Å²) >= 11 is 1.73. The van der Waals surface area contributed by atoms with E-state index in [1.54, 1.807) is 11.8 Å². The van der Waals surface area contributed by atoms with Gasteiger partial charge in [-0.3, -0.25) is 4.79 Å². The summed E-state index contributed by atoms with van der Waals surface area (Å²) in [5.41, 5.74) is 0.216. The molecule has 1 aromatic carbocycles. The number of ketones is 1. The monoisotopic (exact) mass is 262 g/mol. The molecule has 0 unspecified atom stereocenters. The molecular formula is C16H22OS. The minimum Gasteiger partial charge on any atom is -0.298 e. The van der Waals surface area contributed by atoms with Crippen LogP contribution in [0.1, 0.15) is 40.5 Å². The molecule has 2 heteroatoms. The van der Waals surface area contributed by atoms with Gasteiger partial charge in [0, 0.05) is 11.3 Å². The van der Waals surface area contributed by atoms with Crippen LogP contribution < -0.4 is 0 Å². The molecular weight excluding hydrogens is 240 g/mol. The van der Waals surface area contributed by atoms with Gasteiger partial charge in [-0.1, -0.05) is 45.9 Å². The molecule has 1 nitrogen and oxygen atoms in total. The molecule has 0 aliphatic heterocycles. The Morgan fingerprint density at radius 2 is 1.72 bits per heavy atom. The summed E-state index contributed by atoms with van der Waals surface area (Å²) in [6.07, 6.45) is 1.82. The maximum absolute atomic E-state index is 12.4. The van der Waals surface area contributed by atoms with Crippen LogP contribution >= 0.6 is 11.8 Å². The van der Waals surface area contributed by atoms with E-state index in [2.05, 4.69) is 39.8 Å². The van der Waals surface area contributed by atoms with Gasteiger partial charge in [0.05, 0.1) is 5.25 Å². The summed E-state index contributed by atoms with van der Waals surface area (Å²) in [7, 11) is 0. The van der Waals surface area contributed by atoms with Crippen LogP contribution in [0, 0.1) is 10.8 Å². The predicted molar refractivity (Wildman–Crippen MR) is 77.9 cm³/mol. The standard InChI is InChI=1S/C16H22OS/c1-15(2)10-13(17)14(16(3,4)11-15)18-12-8-6-5-7-9-12/h5-9,14H,10-11H2,1-4H3/t14-/m1/s1. The molecule has 0 N–H and O–H groups in total. The second kappa shape index (κ2) is 4.73. The summed E-state index contributed by atoms with van der Waals surface area (Å²) in [6, 6.07) is 10.3. The van der Waals surface area contributed by atoms with E-state index >= 15 is 0 Å². The van der Waals surface area contributed by atoms with Crippen molar-refractivity contribution in [2.75, 3.05) is 0 Å². The van der Waals surface area contributed by atoms with E-state index in [0.29, 0.717) is 12.2 Å². The fraction of sp³-hybridized carbons (Fsp3) is 0.562. The topological polar surface area (TPSA) is 17.1 Å². The molecule has 2 rings (SSSR count). The normalized spacial score (nSPS) is 26.0. The summed E-state index contributed by atoms with van der Waals surface area (Å²) < 4.78 is 0. The molecule has 0 heterocycles. The van der Waals surface area contributed by atoms with Gasteiger partial charge < -0.3 is 0 Å². The Hall–Kier alpha value is -0.760. The van der Waals surface area contributed by atoms with Crippen molar-refractivity contribution in [1.29, 1.82) is 0 Å². The Balaban J connectivity index is 2.20. The molecule has 0 radical (unpaired) electrons. The zero-order chi connectivity index (χ0) is 13.4. The number of rotatable bonds is 2. The summed E-state index contributed by atoms with van der Waals surface area (Å²) in [4.78, 5) is 13.6. The third-order valence-corrected chi connectivity index (χ3v) is 5.27. The second-order valence-electron chi connectivity index (χ2n) is 6.78. The first-order chi connectivity index (χ1) is 8.30. The molecule has 0 bridgehead atoms. The molecule has 1 aliphatic rings. The number of carbonyl (C=O) groups is 1. The van der Waals surface area contributed by atoms with E-state index in [1.807, 2.05) is 18.2 Å². The molecule has 98 valence electrons. The molecule has 1 atom stereocenters. The van der Waals surface area contributed by atoms with Gasteiger partial charge in [0.2, 0.25) is 0 Å². The SMILES string of the molecule is CC1(C)CC(=O)[C@@H](Sc2ccccc2)C(C)(C)C1. The van der Waals surface area contributed by atoms with E-state index < -0.39 is 0 Å². The van der Waals surface area contributed by atoms with Crippen LogP contribution in [0.25, 0.3) is 0 Å². The number of hydrogen-bond donors (Lipinski definition) is 0. The number of benzene rings is 1. The van der Waals surface area contributed by atoms with Crippen molar-refractivity contribution in [3.63, 3.8) is 0 Å². The highest BCUT2D eigenvalue weighted by molar-refractivity contribution is 8.00. The van der Waals surface area contributed by atoms with Gasteiger partial charge in [-0.2, -0.15) is 0 Å². The van der Waals surface area contributed by atoms with Gasteiger partial charge in [-0.15, -0.1) is 11.8 Å². The van der Waals surface area contributed by atoms with Gasteiger partial charge in [0.15, 0.2) is 0 Å². The maximum Gasteiger partial charge on any atom is 0.147 e. The third kappa shape index (κ3) is 2.97. The van der Waals surface area contributed by atoms with Crippen LogP contribution in [-0.2, 0) is 4.79 Å². The Kier molecular flexibility index (Phi) is 3.59. The Morgan fingerprint density at radius 3 is 2.28 bits per heavy atom. The molecule has 0 saturated heterocycles. The minimum atomic E-state index is 0.0688. The van der Waals surface area contributed by atoms with Crippen molar-refractivity contribution >= 4 is 17.5 Å². The van der Waals surface area contributed by atoms with Crippen LogP contribution in [0.2, 0.25) is 0 Å².